The molecular weight excluding hydrogens is 332 g/mol. The second-order valence-corrected chi connectivity index (χ2v) is 6.21. The van der Waals surface area contributed by atoms with Crippen molar-refractivity contribution in [2.45, 2.75) is 6.54 Å². The standard InChI is InChI=1S/C16H13BrN2S/c17-14-6-4-12(5-7-14)11-19-15-3-1-2-13(10-15)16-18-8-9-20-16/h1-10,19H,11H2. The highest BCUT2D eigenvalue weighted by molar-refractivity contribution is 9.10. The Bertz CT molecular complexity index is 678. The van der Waals surface area contributed by atoms with Gasteiger partial charge in [0.25, 0.3) is 0 Å². The Labute approximate surface area is 130 Å². The largest absolute Gasteiger partial charge is 0.381 e. The van der Waals surface area contributed by atoms with E-state index in [2.05, 4.69) is 74.8 Å². The molecule has 3 aromatic rings. The first-order valence-corrected chi connectivity index (χ1v) is 7.97. The van der Waals surface area contributed by atoms with Crippen molar-refractivity contribution in [3.05, 3.63) is 70.1 Å². The summed E-state index contributed by atoms with van der Waals surface area (Å²) in [6.07, 6.45) is 1.84. The van der Waals surface area contributed by atoms with E-state index in [1.165, 1.54) is 5.56 Å². The fourth-order valence-electron chi connectivity index (χ4n) is 1.93. The van der Waals surface area contributed by atoms with Crippen LogP contribution in [0.15, 0.2) is 64.6 Å². The highest BCUT2D eigenvalue weighted by atomic mass is 79.9. The molecule has 0 radical (unpaired) electrons. The number of hydrogen-bond acceptors (Lipinski definition) is 3. The first-order valence-electron chi connectivity index (χ1n) is 6.29. The fourth-order valence-corrected chi connectivity index (χ4v) is 2.83. The van der Waals surface area contributed by atoms with Gasteiger partial charge < -0.3 is 5.32 Å². The molecule has 1 aromatic heterocycles. The molecule has 0 fully saturated rings. The summed E-state index contributed by atoms with van der Waals surface area (Å²) in [6, 6.07) is 16.7. The van der Waals surface area contributed by atoms with Crippen LogP contribution in [0.25, 0.3) is 10.6 Å². The predicted octanol–water partition coefficient (Wildman–Crippen LogP) is 5.18. The molecule has 0 aliphatic rings. The summed E-state index contributed by atoms with van der Waals surface area (Å²) in [4.78, 5) is 4.34. The van der Waals surface area contributed by atoms with E-state index in [1.54, 1.807) is 11.3 Å². The van der Waals surface area contributed by atoms with E-state index in [1.807, 2.05) is 11.6 Å². The van der Waals surface area contributed by atoms with E-state index >= 15 is 0 Å². The number of hydrogen-bond donors (Lipinski definition) is 1. The summed E-state index contributed by atoms with van der Waals surface area (Å²) >= 11 is 5.10. The van der Waals surface area contributed by atoms with Gasteiger partial charge in [0.15, 0.2) is 0 Å². The smallest absolute Gasteiger partial charge is 0.123 e. The van der Waals surface area contributed by atoms with Gasteiger partial charge in [0.1, 0.15) is 5.01 Å². The number of thiazole rings is 1. The van der Waals surface area contributed by atoms with E-state index in [9.17, 15) is 0 Å². The number of benzene rings is 2. The van der Waals surface area contributed by atoms with Crippen LogP contribution in [-0.4, -0.2) is 4.98 Å². The van der Waals surface area contributed by atoms with Crippen molar-refractivity contribution in [2.75, 3.05) is 5.32 Å². The van der Waals surface area contributed by atoms with Crippen LogP contribution in [0.3, 0.4) is 0 Å². The minimum absolute atomic E-state index is 0.814. The van der Waals surface area contributed by atoms with Gasteiger partial charge in [0.05, 0.1) is 0 Å². The summed E-state index contributed by atoms with van der Waals surface area (Å²) in [5.41, 5.74) is 3.52. The van der Waals surface area contributed by atoms with E-state index in [4.69, 9.17) is 0 Å². The molecule has 0 saturated carbocycles. The van der Waals surface area contributed by atoms with E-state index < -0.39 is 0 Å². The molecule has 0 aliphatic heterocycles. The average molecular weight is 345 g/mol. The number of rotatable bonds is 4. The van der Waals surface area contributed by atoms with Gasteiger partial charge in [-0.3, -0.25) is 0 Å². The van der Waals surface area contributed by atoms with Crippen LogP contribution in [-0.2, 0) is 6.54 Å². The molecule has 20 heavy (non-hydrogen) atoms. The van der Waals surface area contributed by atoms with Crippen molar-refractivity contribution >= 4 is 33.0 Å². The van der Waals surface area contributed by atoms with E-state index in [-0.39, 0.29) is 0 Å². The van der Waals surface area contributed by atoms with Gasteiger partial charge in [-0.1, -0.05) is 40.2 Å². The number of aromatic nitrogens is 1. The molecule has 1 heterocycles. The quantitative estimate of drug-likeness (QED) is 0.704. The molecule has 2 aromatic carbocycles. The molecule has 4 heteroatoms. The van der Waals surface area contributed by atoms with Crippen LogP contribution < -0.4 is 5.32 Å². The van der Waals surface area contributed by atoms with Crippen molar-refractivity contribution in [3.8, 4) is 10.6 Å². The molecule has 0 saturated heterocycles. The third-order valence-electron chi connectivity index (χ3n) is 2.95. The molecule has 100 valence electrons. The lowest BCUT2D eigenvalue weighted by atomic mass is 10.2. The average Bonchev–Trinajstić information content (AvgIpc) is 3.01. The van der Waals surface area contributed by atoms with Crippen LogP contribution in [0, 0.1) is 0 Å². The summed E-state index contributed by atoms with van der Waals surface area (Å²) in [6.45, 7) is 0.814. The van der Waals surface area contributed by atoms with Crippen molar-refractivity contribution in [1.29, 1.82) is 0 Å². The van der Waals surface area contributed by atoms with Gasteiger partial charge in [0, 0.05) is 33.8 Å². The zero-order valence-corrected chi connectivity index (χ0v) is 13.1. The third-order valence-corrected chi connectivity index (χ3v) is 4.30. The minimum atomic E-state index is 0.814. The topological polar surface area (TPSA) is 24.9 Å². The molecule has 3 rings (SSSR count). The molecule has 1 N–H and O–H groups in total. The van der Waals surface area contributed by atoms with Gasteiger partial charge in [-0.05, 0) is 29.8 Å². The maximum atomic E-state index is 4.34. The van der Waals surface area contributed by atoms with Crippen LogP contribution in [0.5, 0.6) is 0 Å². The molecule has 2 nitrogen and oxygen atoms in total. The zero-order chi connectivity index (χ0) is 13.8. The highest BCUT2D eigenvalue weighted by Gasteiger charge is 2.01. The summed E-state index contributed by atoms with van der Waals surface area (Å²) < 4.78 is 1.10. The number of halogens is 1. The van der Waals surface area contributed by atoms with E-state index in [0.29, 0.717) is 0 Å². The van der Waals surface area contributed by atoms with Crippen LogP contribution >= 0.6 is 27.3 Å². The number of nitrogens with zero attached hydrogens (tertiary/aromatic N) is 1. The second-order valence-electron chi connectivity index (χ2n) is 4.40. The summed E-state index contributed by atoms with van der Waals surface area (Å²) in [5.74, 6) is 0. The van der Waals surface area contributed by atoms with Crippen LogP contribution in [0.1, 0.15) is 5.56 Å². The fraction of sp³-hybridized carbons (Fsp3) is 0.0625. The zero-order valence-electron chi connectivity index (χ0n) is 10.7. The van der Waals surface area contributed by atoms with Crippen molar-refractivity contribution in [3.63, 3.8) is 0 Å². The lowest BCUT2D eigenvalue weighted by Crippen LogP contribution is -1.99. The monoisotopic (exact) mass is 344 g/mol. The van der Waals surface area contributed by atoms with Gasteiger partial charge in [-0.15, -0.1) is 11.3 Å². The Hall–Kier alpha value is -1.65. The maximum Gasteiger partial charge on any atom is 0.123 e. The molecule has 0 atom stereocenters. The summed E-state index contributed by atoms with van der Waals surface area (Å²) in [7, 11) is 0. The first kappa shape index (κ1) is 13.3. The lowest BCUT2D eigenvalue weighted by molar-refractivity contribution is 1.15. The minimum Gasteiger partial charge on any atom is -0.381 e. The molecule has 0 bridgehead atoms. The van der Waals surface area contributed by atoms with Crippen molar-refractivity contribution < 1.29 is 0 Å². The highest BCUT2D eigenvalue weighted by Crippen LogP contribution is 2.24. The Kier molecular flexibility index (Phi) is 4.14. The van der Waals surface area contributed by atoms with Crippen LogP contribution in [0.4, 0.5) is 5.69 Å². The third kappa shape index (κ3) is 3.26. The van der Waals surface area contributed by atoms with Crippen molar-refractivity contribution in [1.82, 2.24) is 4.98 Å². The molecule has 0 unspecified atom stereocenters. The first-order chi connectivity index (χ1) is 9.81. The number of nitrogens with one attached hydrogen (secondary N) is 1. The predicted molar refractivity (Wildman–Crippen MR) is 89.0 cm³/mol. The molecule has 0 amide bonds. The van der Waals surface area contributed by atoms with Crippen LogP contribution in [0.2, 0.25) is 0 Å². The molecule has 0 aliphatic carbocycles. The molecule has 0 spiro atoms. The van der Waals surface area contributed by atoms with Gasteiger partial charge in [-0.25, -0.2) is 4.98 Å². The Morgan fingerprint density at radius 2 is 1.95 bits per heavy atom. The van der Waals surface area contributed by atoms with Gasteiger partial charge in [-0.2, -0.15) is 0 Å². The lowest BCUT2D eigenvalue weighted by Gasteiger charge is -2.08. The summed E-state index contributed by atoms with van der Waals surface area (Å²) in [5, 5.41) is 6.49. The Morgan fingerprint density at radius 3 is 2.70 bits per heavy atom. The maximum absolute atomic E-state index is 4.34. The van der Waals surface area contributed by atoms with Gasteiger partial charge >= 0.3 is 0 Å². The van der Waals surface area contributed by atoms with E-state index in [0.717, 1.165) is 27.3 Å². The van der Waals surface area contributed by atoms with Crippen molar-refractivity contribution in [2.24, 2.45) is 0 Å². The number of anilines is 1. The second kappa shape index (κ2) is 6.20. The molecular formula is C16H13BrN2S. The Balaban J connectivity index is 1.72. The SMILES string of the molecule is Brc1ccc(CNc2cccc(-c3nccs3)c2)cc1. The van der Waals surface area contributed by atoms with Gasteiger partial charge in [0.2, 0.25) is 0 Å². The Morgan fingerprint density at radius 1 is 1.10 bits per heavy atom. The normalized spacial score (nSPS) is 10.4.